The van der Waals surface area contributed by atoms with Crippen LogP contribution in [0.4, 0.5) is 5.69 Å². The molecule has 1 atom stereocenters. The summed E-state index contributed by atoms with van der Waals surface area (Å²) < 4.78 is 0. The zero-order valence-corrected chi connectivity index (χ0v) is 14.0. The van der Waals surface area contributed by atoms with Gasteiger partial charge in [-0.25, -0.2) is 0 Å². The number of rotatable bonds is 6. The van der Waals surface area contributed by atoms with Gasteiger partial charge >= 0.3 is 0 Å². The lowest BCUT2D eigenvalue weighted by molar-refractivity contribution is -0.116. The topological polar surface area (TPSA) is 58.2 Å². The van der Waals surface area contributed by atoms with Crippen molar-refractivity contribution in [3.05, 3.63) is 58.3 Å². The molecule has 2 N–H and O–H groups in total. The van der Waals surface area contributed by atoms with Gasteiger partial charge in [-0.2, -0.15) is 11.3 Å². The molecule has 5 heteroatoms. The average molecular weight is 328 g/mol. The van der Waals surface area contributed by atoms with Crippen LogP contribution in [-0.4, -0.2) is 18.4 Å². The third-order valence-electron chi connectivity index (χ3n) is 3.35. The summed E-state index contributed by atoms with van der Waals surface area (Å²) in [5, 5.41) is 9.74. The Morgan fingerprint density at radius 1 is 1.22 bits per heavy atom. The van der Waals surface area contributed by atoms with E-state index in [4.69, 9.17) is 0 Å². The predicted octanol–water partition coefficient (Wildman–Crippen LogP) is 3.64. The summed E-state index contributed by atoms with van der Waals surface area (Å²) >= 11 is 1.66. The molecule has 1 aromatic heterocycles. The molecule has 0 fully saturated rings. The Morgan fingerprint density at radius 3 is 2.57 bits per heavy atom. The molecule has 2 amide bonds. The van der Waals surface area contributed by atoms with Crippen LogP contribution in [0.2, 0.25) is 0 Å². The van der Waals surface area contributed by atoms with Crippen LogP contribution in [0.15, 0.2) is 47.2 Å². The highest BCUT2D eigenvalue weighted by atomic mass is 32.1. The lowest BCUT2D eigenvalue weighted by atomic mass is 10.1. The summed E-state index contributed by atoms with van der Waals surface area (Å²) in [6, 6.07) is 9.38. The molecule has 0 unspecified atom stereocenters. The molecule has 0 saturated carbocycles. The minimum Gasteiger partial charge on any atom is -0.352 e. The molecular weight excluding hydrogens is 308 g/mol. The first-order chi connectivity index (χ1) is 11.0. The van der Waals surface area contributed by atoms with Crippen molar-refractivity contribution in [2.45, 2.75) is 19.8 Å². The molecule has 0 spiro atoms. The first-order valence-corrected chi connectivity index (χ1v) is 8.34. The maximum absolute atomic E-state index is 11.9. The maximum atomic E-state index is 11.9. The minimum absolute atomic E-state index is 0.104. The van der Waals surface area contributed by atoms with E-state index >= 15 is 0 Å². The van der Waals surface area contributed by atoms with Crippen molar-refractivity contribution in [2.75, 3.05) is 11.9 Å². The van der Waals surface area contributed by atoms with Gasteiger partial charge in [0.2, 0.25) is 11.8 Å². The fraction of sp³-hybridized carbons (Fsp3) is 0.222. The van der Waals surface area contributed by atoms with E-state index in [0.717, 1.165) is 11.3 Å². The average Bonchev–Trinajstić information content (AvgIpc) is 3.06. The molecule has 0 bridgehead atoms. The van der Waals surface area contributed by atoms with E-state index in [1.54, 1.807) is 29.5 Å². The van der Waals surface area contributed by atoms with Crippen LogP contribution in [0.3, 0.4) is 0 Å². The number of anilines is 1. The Balaban J connectivity index is 1.82. The van der Waals surface area contributed by atoms with E-state index in [1.807, 2.05) is 17.5 Å². The summed E-state index contributed by atoms with van der Waals surface area (Å²) in [6.07, 6.45) is 3.27. The van der Waals surface area contributed by atoms with Crippen LogP contribution >= 0.6 is 11.3 Å². The zero-order chi connectivity index (χ0) is 16.7. The van der Waals surface area contributed by atoms with Crippen LogP contribution in [0.5, 0.6) is 0 Å². The number of carbonyl (C=O) groups excluding carboxylic acids is 2. The summed E-state index contributed by atoms with van der Waals surface area (Å²) in [5.74, 6) is 0.0842. The number of hydrogen-bond acceptors (Lipinski definition) is 3. The molecule has 4 nitrogen and oxygen atoms in total. The van der Waals surface area contributed by atoms with Gasteiger partial charge in [0.25, 0.3) is 0 Å². The molecule has 1 aromatic carbocycles. The molecule has 120 valence electrons. The molecule has 0 aliphatic heterocycles. The Labute approximate surface area is 140 Å². The number of thiophene rings is 1. The lowest BCUT2D eigenvalue weighted by Gasteiger charge is -2.09. The summed E-state index contributed by atoms with van der Waals surface area (Å²) in [4.78, 5) is 22.8. The van der Waals surface area contributed by atoms with Crippen molar-refractivity contribution < 1.29 is 9.59 Å². The van der Waals surface area contributed by atoms with Gasteiger partial charge in [-0.1, -0.05) is 19.1 Å². The van der Waals surface area contributed by atoms with Gasteiger partial charge < -0.3 is 10.6 Å². The molecule has 0 aliphatic rings. The van der Waals surface area contributed by atoms with E-state index in [2.05, 4.69) is 29.0 Å². The van der Waals surface area contributed by atoms with E-state index < -0.39 is 0 Å². The smallest absolute Gasteiger partial charge is 0.244 e. The Bertz CT molecular complexity index is 676. The summed E-state index contributed by atoms with van der Waals surface area (Å²) in [6.45, 7) is 4.17. The Hall–Kier alpha value is -2.40. The van der Waals surface area contributed by atoms with Crippen LogP contribution in [0.25, 0.3) is 6.08 Å². The second kappa shape index (κ2) is 8.29. The third-order valence-corrected chi connectivity index (χ3v) is 4.05. The second-order valence-electron chi connectivity index (χ2n) is 5.34. The largest absolute Gasteiger partial charge is 0.352 e. The van der Waals surface area contributed by atoms with E-state index in [0.29, 0.717) is 12.5 Å². The van der Waals surface area contributed by atoms with Crippen molar-refractivity contribution in [3.8, 4) is 0 Å². The van der Waals surface area contributed by atoms with Gasteiger partial charge in [0.15, 0.2) is 0 Å². The first kappa shape index (κ1) is 17.0. The molecule has 2 rings (SSSR count). The van der Waals surface area contributed by atoms with E-state index in [9.17, 15) is 9.59 Å². The molecule has 0 aliphatic carbocycles. The summed E-state index contributed by atoms with van der Waals surface area (Å²) in [5.41, 5.74) is 2.89. The van der Waals surface area contributed by atoms with Gasteiger partial charge in [-0.05, 0) is 52.1 Å². The van der Waals surface area contributed by atoms with Gasteiger partial charge in [-0.3, -0.25) is 9.59 Å². The van der Waals surface area contributed by atoms with Crippen molar-refractivity contribution in [1.29, 1.82) is 0 Å². The molecule has 2 aromatic rings. The lowest BCUT2D eigenvalue weighted by Crippen LogP contribution is -2.25. The van der Waals surface area contributed by atoms with Gasteiger partial charge in [-0.15, -0.1) is 0 Å². The number of carbonyl (C=O) groups is 2. The Morgan fingerprint density at radius 2 is 1.96 bits per heavy atom. The van der Waals surface area contributed by atoms with Crippen molar-refractivity contribution in [2.24, 2.45) is 0 Å². The predicted molar refractivity (Wildman–Crippen MR) is 95.5 cm³/mol. The van der Waals surface area contributed by atoms with E-state index in [-0.39, 0.29) is 11.8 Å². The van der Waals surface area contributed by atoms with Crippen LogP contribution in [0, 0.1) is 0 Å². The first-order valence-electron chi connectivity index (χ1n) is 7.40. The van der Waals surface area contributed by atoms with Gasteiger partial charge in [0.05, 0.1) is 0 Å². The number of nitrogens with one attached hydrogen (secondary N) is 2. The molecule has 0 radical (unpaired) electrons. The molecular formula is C18H20N2O2S. The van der Waals surface area contributed by atoms with Gasteiger partial charge in [0, 0.05) is 25.2 Å². The normalized spacial score (nSPS) is 12.1. The monoisotopic (exact) mass is 328 g/mol. The highest BCUT2D eigenvalue weighted by Gasteiger charge is 2.06. The van der Waals surface area contributed by atoms with Crippen LogP contribution in [0.1, 0.15) is 30.9 Å². The van der Waals surface area contributed by atoms with Crippen molar-refractivity contribution in [3.63, 3.8) is 0 Å². The van der Waals surface area contributed by atoms with Crippen LogP contribution < -0.4 is 10.6 Å². The SMILES string of the molecule is CC(=O)Nc1ccc(/C=C/C(=O)NC[C@H](C)c2ccsc2)cc1. The third kappa shape index (κ3) is 5.71. The van der Waals surface area contributed by atoms with E-state index in [1.165, 1.54) is 18.6 Å². The number of hydrogen-bond donors (Lipinski definition) is 2. The van der Waals surface area contributed by atoms with Gasteiger partial charge in [0.1, 0.15) is 0 Å². The second-order valence-corrected chi connectivity index (χ2v) is 6.12. The number of benzene rings is 1. The molecule has 0 saturated heterocycles. The highest BCUT2D eigenvalue weighted by molar-refractivity contribution is 7.07. The number of amides is 2. The molecule has 1 heterocycles. The molecule has 23 heavy (non-hydrogen) atoms. The van der Waals surface area contributed by atoms with Crippen molar-refractivity contribution in [1.82, 2.24) is 5.32 Å². The summed E-state index contributed by atoms with van der Waals surface area (Å²) in [7, 11) is 0. The minimum atomic E-state index is -0.113. The quantitative estimate of drug-likeness (QED) is 0.795. The standard InChI is InChI=1S/C18H20N2O2S/c1-13(16-9-10-23-12-16)11-19-18(22)8-5-15-3-6-17(7-4-15)20-14(2)21/h3-10,12-13H,11H2,1-2H3,(H,19,22)(H,20,21)/b8-5+/t13-/m0/s1. The van der Waals surface area contributed by atoms with Crippen molar-refractivity contribution >= 4 is 34.9 Å². The zero-order valence-electron chi connectivity index (χ0n) is 13.2. The fourth-order valence-corrected chi connectivity index (χ4v) is 2.82. The maximum Gasteiger partial charge on any atom is 0.244 e. The fourth-order valence-electron chi connectivity index (χ4n) is 2.04. The Kier molecular flexibility index (Phi) is 6.11. The highest BCUT2D eigenvalue weighted by Crippen LogP contribution is 2.17. The van der Waals surface area contributed by atoms with Crippen LogP contribution in [-0.2, 0) is 9.59 Å².